The first-order valence-corrected chi connectivity index (χ1v) is 10.3. The SMILES string of the molecule is Clc1ccc(C2CC3CN(Cc4cccs4)CC34CCCN24)cc1. The van der Waals surface area contributed by atoms with Crippen LogP contribution in [0.25, 0.3) is 0 Å². The van der Waals surface area contributed by atoms with Gasteiger partial charge in [-0.15, -0.1) is 11.3 Å². The average molecular weight is 359 g/mol. The molecule has 3 fully saturated rings. The van der Waals surface area contributed by atoms with Crippen molar-refractivity contribution < 1.29 is 0 Å². The van der Waals surface area contributed by atoms with E-state index in [2.05, 4.69) is 51.6 Å². The molecule has 0 aliphatic carbocycles. The Morgan fingerprint density at radius 1 is 1.21 bits per heavy atom. The summed E-state index contributed by atoms with van der Waals surface area (Å²) in [5, 5.41) is 3.04. The lowest BCUT2D eigenvalue weighted by Gasteiger charge is -2.35. The fraction of sp³-hybridized carbons (Fsp3) is 0.500. The van der Waals surface area contributed by atoms with E-state index in [4.69, 9.17) is 11.6 Å². The third kappa shape index (κ3) is 2.37. The normalized spacial score (nSPS) is 33.0. The van der Waals surface area contributed by atoms with Gasteiger partial charge in [-0.05, 0) is 60.9 Å². The van der Waals surface area contributed by atoms with E-state index in [9.17, 15) is 0 Å². The van der Waals surface area contributed by atoms with Crippen LogP contribution in [0.1, 0.15) is 35.7 Å². The van der Waals surface area contributed by atoms with Gasteiger partial charge in [0, 0.05) is 41.1 Å². The largest absolute Gasteiger partial charge is 0.296 e. The summed E-state index contributed by atoms with van der Waals surface area (Å²) >= 11 is 7.98. The Morgan fingerprint density at radius 2 is 2.08 bits per heavy atom. The van der Waals surface area contributed by atoms with Crippen LogP contribution < -0.4 is 0 Å². The van der Waals surface area contributed by atoms with Gasteiger partial charge in [0.2, 0.25) is 0 Å². The van der Waals surface area contributed by atoms with Gasteiger partial charge >= 0.3 is 0 Å². The van der Waals surface area contributed by atoms with E-state index in [0.29, 0.717) is 11.6 Å². The van der Waals surface area contributed by atoms with Crippen molar-refractivity contribution in [1.29, 1.82) is 0 Å². The molecule has 3 atom stereocenters. The first-order chi connectivity index (χ1) is 11.7. The number of rotatable bonds is 3. The summed E-state index contributed by atoms with van der Waals surface area (Å²) in [6.07, 6.45) is 4.04. The predicted octanol–water partition coefficient (Wildman–Crippen LogP) is 4.81. The predicted molar refractivity (Wildman–Crippen MR) is 101 cm³/mol. The molecule has 1 spiro atoms. The number of nitrogens with zero attached hydrogens (tertiary/aromatic N) is 2. The summed E-state index contributed by atoms with van der Waals surface area (Å²) in [5.41, 5.74) is 1.89. The molecule has 0 bridgehead atoms. The molecule has 3 aliphatic heterocycles. The monoisotopic (exact) mass is 358 g/mol. The van der Waals surface area contributed by atoms with Crippen molar-refractivity contribution in [1.82, 2.24) is 9.80 Å². The molecule has 24 heavy (non-hydrogen) atoms. The number of hydrogen-bond acceptors (Lipinski definition) is 3. The minimum atomic E-state index is 0.432. The van der Waals surface area contributed by atoms with Crippen LogP contribution in [0.4, 0.5) is 0 Å². The molecular formula is C20H23ClN2S. The molecule has 4 heteroatoms. The van der Waals surface area contributed by atoms with Gasteiger partial charge in [0.25, 0.3) is 0 Å². The Bertz CT molecular complexity index is 714. The second-order valence-corrected chi connectivity index (χ2v) is 9.12. The topological polar surface area (TPSA) is 6.48 Å². The van der Waals surface area contributed by atoms with Crippen molar-refractivity contribution in [2.75, 3.05) is 19.6 Å². The molecular weight excluding hydrogens is 336 g/mol. The number of benzene rings is 1. The van der Waals surface area contributed by atoms with E-state index in [1.165, 1.54) is 49.3 Å². The molecule has 5 rings (SSSR count). The van der Waals surface area contributed by atoms with Gasteiger partial charge in [0.05, 0.1) is 0 Å². The van der Waals surface area contributed by atoms with Crippen LogP contribution >= 0.6 is 22.9 Å². The summed E-state index contributed by atoms with van der Waals surface area (Å²) in [5.74, 6) is 0.820. The van der Waals surface area contributed by atoms with Crippen molar-refractivity contribution in [3.63, 3.8) is 0 Å². The molecule has 0 N–H and O–H groups in total. The average Bonchev–Trinajstić information content (AvgIpc) is 3.31. The van der Waals surface area contributed by atoms with Crippen LogP contribution in [0.3, 0.4) is 0 Å². The molecule has 0 saturated carbocycles. The second kappa shape index (κ2) is 5.84. The highest BCUT2D eigenvalue weighted by molar-refractivity contribution is 7.09. The summed E-state index contributed by atoms with van der Waals surface area (Å²) < 4.78 is 0. The van der Waals surface area contributed by atoms with E-state index in [1.807, 2.05) is 11.3 Å². The summed E-state index contributed by atoms with van der Waals surface area (Å²) in [4.78, 5) is 7.05. The van der Waals surface area contributed by atoms with Crippen LogP contribution in [0.5, 0.6) is 0 Å². The van der Waals surface area contributed by atoms with Crippen molar-refractivity contribution >= 4 is 22.9 Å². The molecule has 1 aromatic carbocycles. The molecule has 126 valence electrons. The van der Waals surface area contributed by atoms with E-state index in [0.717, 1.165) is 17.5 Å². The molecule has 2 aromatic rings. The summed E-state index contributed by atoms with van der Waals surface area (Å²) in [6, 6.07) is 13.6. The molecule has 4 heterocycles. The zero-order chi connectivity index (χ0) is 16.1. The number of thiophene rings is 1. The molecule has 1 aromatic heterocycles. The van der Waals surface area contributed by atoms with Gasteiger partial charge in [0.1, 0.15) is 0 Å². The first-order valence-electron chi connectivity index (χ1n) is 9.01. The van der Waals surface area contributed by atoms with Crippen LogP contribution in [-0.2, 0) is 6.54 Å². The van der Waals surface area contributed by atoms with Crippen LogP contribution in [0.15, 0.2) is 41.8 Å². The standard InChI is InChI=1S/C20H23ClN2S/c21-17-6-4-15(5-7-17)19-11-16-12-22(13-18-3-1-10-24-18)14-20(16)8-2-9-23(19)20/h1,3-7,10,16,19H,2,8-9,11-14H2. The third-order valence-electron chi connectivity index (χ3n) is 6.41. The van der Waals surface area contributed by atoms with Gasteiger partial charge in [-0.25, -0.2) is 0 Å². The van der Waals surface area contributed by atoms with Crippen molar-refractivity contribution in [2.24, 2.45) is 5.92 Å². The lowest BCUT2D eigenvalue weighted by atomic mass is 9.86. The Hall–Kier alpha value is -0.870. The van der Waals surface area contributed by atoms with Crippen LogP contribution in [-0.4, -0.2) is 35.0 Å². The smallest absolute Gasteiger partial charge is 0.0406 e. The molecule has 0 amide bonds. The number of hydrogen-bond donors (Lipinski definition) is 0. The van der Waals surface area contributed by atoms with E-state index < -0.39 is 0 Å². The van der Waals surface area contributed by atoms with Crippen molar-refractivity contribution in [2.45, 2.75) is 37.4 Å². The Balaban J connectivity index is 1.38. The quantitative estimate of drug-likeness (QED) is 0.776. The minimum absolute atomic E-state index is 0.432. The minimum Gasteiger partial charge on any atom is -0.296 e. The highest BCUT2D eigenvalue weighted by atomic mass is 35.5. The summed E-state index contributed by atoms with van der Waals surface area (Å²) in [7, 11) is 0. The fourth-order valence-electron chi connectivity index (χ4n) is 5.49. The second-order valence-electron chi connectivity index (χ2n) is 7.65. The molecule has 3 unspecified atom stereocenters. The van der Waals surface area contributed by atoms with Gasteiger partial charge < -0.3 is 0 Å². The number of likely N-dealkylation sites (tertiary alicyclic amines) is 1. The molecule has 0 radical (unpaired) electrons. The molecule has 2 nitrogen and oxygen atoms in total. The van der Waals surface area contributed by atoms with Crippen molar-refractivity contribution in [3.8, 4) is 0 Å². The lowest BCUT2D eigenvalue weighted by molar-refractivity contribution is 0.131. The van der Waals surface area contributed by atoms with Gasteiger partial charge in [0.15, 0.2) is 0 Å². The van der Waals surface area contributed by atoms with E-state index >= 15 is 0 Å². The van der Waals surface area contributed by atoms with Gasteiger partial charge in [-0.2, -0.15) is 0 Å². The fourth-order valence-corrected chi connectivity index (χ4v) is 6.37. The van der Waals surface area contributed by atoms with Gasteiger partial charge in [-0.3, -0.25) is 9.80 Å². The lowest BCUT2D eigenvalue weighted by Crippen LogP contribution is -2.45. The number of halogens is 1. The van der Waals surface area contributed by atoms with Crippen LogP contribution in [0.2, 0.25) is 5.02 Å². The maximum absolute atomic E-state index is 6.09. The highest BCUT2D eigenvalue weighted by Crippen LogP contribution is 2.55. The van der Waals surface area contributed by atoms with Gasteiger partial charge in [-0.1, -0.05) is 29.8 Å². The summed E-state index contributed by atoms with van der Waals surface area (Å²) in [6.45, 7) is 4.91. The maximum atomic E-state index is 6.09. The van der Waals surface area contributed by atoms with E-state index in [-0.39, 0.29) is 0 Å². The van der Waals surface area contributed by atoms with E-state index in [1.54, 1.807) is 0 Å². The molecule has 3 saturated heterocycles. The zero-order valence-corrected chi connectivity index (χ0v) is 15.4. The Morgan fingerprint density at radius 3 is 2.88 bits per heavy atom. The maximum Gasteiger partial charge on any atom is 0.0406 e. The van der Waals surface area contributed by atoms with Crippen LogP contribution in [0, 0.1) is 5.92 Å². The van der Waals surface area contributed by atoms with Crippen molar-refractivity contribution in [3.05, 3.63) is 57.2 Å². The molecule has 3 aliphatic rings. The zero-order valence-electron chi connectivity index (χ0n) is 13.8. The third-order valence-corrected chi connectivity index (χ3v) is 7.53. The first kappa shape index (κ1) is 15.4. The Labute approximate surface area is 153 Å². The Kier molecular flexibility index (Phi) is 3.75. The highest BCUT2D eigenvalue weighted by Gasteiger charge is 2.59.